The van der Waals surface area contributed by atoms with Gasteiger partial charge in [-0.2, -0.15) is 0 Å². The topological polar surface area (TPSA) is 31.2 Å². The molecule has 4 aromatic carbocycles. The maximum Gasteiger partial charge on any atom is 0.152 e. The van der Waals surface area contributed by atoms with Gasteiger partial charge in [-0.25, -0.2) is 0 Å². The molecule has 1 heterocycles. The van der Waals surface area contributed by atoms with Gasteiger partial charge in [-0.05, 0) is 45.7 Å². The first kappa shape index (κ1) is 19.8. The van der Waals surface area contributed by atoms with Gasteiger partial charge in [0.1, 0.15) is 12.4 Å². The molecular formula is C29H23NO2. The molecule has 0 N–H and O–H groups in total. The highest BCUT2D eigenvalue weighted by Crippen LogP contribution is 2.26. The zero-order chi connectivity index (χ0) is 21.8. The van der Waals surface area contributed by atoms with Crippen LogP contribution < -0.4 is 4.74 Å². The Hall–Kier alpha value is -4.11. The minimum absolute atomic E-state index is 0.556. The second-order valence-electron chi connectivity index (χ2n) is 7.90. The summed E-state index contributed by atoms with van der Waals surface area (Å²) < 4.78 is 8.03. The number of ether oxygens (including phenoxy) is 1. The Balaban J connectivity index is 1.34. The van der Waals surface area contributed by atoms with Gasteiger partial charge in [0, 0.05) is 30.1 Å². The molecule has 0 fully saturated rings. The van der Waals surface area contributed by atoms with Crippen LogP contribution in [0.1, 0.15) is 21.5 Å². The number of rotatable bonds is 7. The van der Waals surface area contributed by atoms with E-state index in [1.54, 1.807) is 0 Å². The van der Waals surface area contributed by atoms with Gasteiger partial charge in [-0.1, -0.05) is 78.9 Å². The molecule has 0 atom stereocenters. The van der Waals surface area contributed by atoms with Crippen molar-refractivity contribution in [1.29, 1.82) is 0 Å². The van der Waals surface area contributed by atoms with E-state index in [2.05, 4.69) is 47.0 Å². The van der Waals surface area contributed by atoms with E-state index in [4.69, 9.17) is 4.74 Å². The smallest absolute Gasteiger partial charge is 0.152 e. The number of hydrogen-bond donors (Lipinski definition) is 0. The second kappa shape index (κ2) is 8.94. The summed E-state index contributed by atoms with van der Waals surface area (Å²) in [7, 11) is 0. The normalized spacial score (nSPS) is 10.9. The highest BCUT2D eigenvalue weighted by Gasteiger charge is 2.09. The van der Waals surface area contributed by atoms with Crippen molar-refractivity contribution in [2.24, 2.45) is 0 Å². The molecule has 0 spiro atoms. The van der Waals surface area contributed by atoms with E-state index in [0.29, 0.717) is 18.7 Å². The van der Waals surface area contributed by atoms with Crippen LogP contribution in [-0.2, 0) is 13.2 Å². The molecule has 0 bridgehead atoms. The van der Waals surface area contributed by atoms with Gasteiger partial charge in [-0.15, -0.1) is 0 Å². The van der Waals surface area contributed by atoms with Crippen LogP contribution in [0.4, 0.5) is 0 Å². The minimum Gasteiger partial charge on any atom is -0.489 e. The van der Waals surface area contributed by atoms with E-state index in [-0.39, 0.29) is 0 Å². The Kier molecular flexibility index (Phi) is 5.54. The van der Waals surface area contributed by atoms with Crippen molar-refractivity contribution < 1.29 is 9.53 Å². The summed E-state index contributed by atoms with van der Waals surface area (Å²) >= 11 is 0. The molecule has 0 saturated heterocycles. The molecule has 1 aromatic heterocycles. The van der Waals surface area contributed by atoms with Crippen LogP contribution in [0.3, 0.4) is 0 Å². The number of benzene rings is 4. The first-order valence-corrected chi connectivity index (χ1v) is 10.7. The molecule has 0 aliphatic rings. The third-order valence-electron chi connectivity index (χ3n) is 5.61. The quantitative estimate of drug-likeness (QED) is 0.274. The minimum atomic E-state index is 0.556. The van der Waals surface area contributed by atoms with E-state index in [1.165, 1.54) is 10.9 Å². The SMILES string of the molecule is O=Cc1cn(Cc2ccc3cc(OCc4ccccc4)ccc3c2)cc1-c1ccccc1. The lowest BCUT2D eigenvalue weighted by atomic mass is 10.1. The first-order chi connectivity index (χ1) is 15.8. The monoisotopic (exact) mass is 417 g/mol. The Morgan fingerprint density at radius 2 is 1.44 bits per heavy atom. The molecule has 0 amide bonds. The molecular weight excluding hydrogens is 394 g/mol. The number of fused-ring (bicyclic) bond motifs is 1. The highest BCUT2D eigenvalue weighted by atomic mass is 16.5. The molecule has 0 saturated carbocycles. The van der Waals surface area contributed by atoms with E-state index >= 15 is 0 Å². The van der Waals surface area contributed by atoms with Crippen LogP contribution in [-0.4, -0.2) is 10.9 Å². The van der Waals surface area contributed by atoms with Gasteiger partial charge in [0.05, 0.1) is 0 Å². The predicted molar refractivity (Wildman–Crippen MR) is 129 cm³/mol. The fourth-order valence-corrected chi connectivity index (χ4v) is 3.98. The molecule has 5 rings (SSSR count). The summed E-state index contributed by atoms with van der Waals surface area (Å²) in [6, 6.07) is 32.8. The largest absolute Gasteiger partial charge is 0.489 e. The molecule has 5 aromatic rings. The first-order valence-electron chi connectivity index (χ1n) is 10.7. The number of carbonyl (C=O) groups is 1. The van der Waals surface area contributed by atoms with Gasteiger partial charge in [0.15, 0.2) is 6.29 Å². The van der Waals surface area contributed by atoms with Gasteiger partial charge in [-0.3, -0.25) is 4.79 Å². The Morgan fingerprint density at radius 1 is 0.719 bits per heavy atom. The van der Waals surface area contributed by atoms with Crippen molar-refractivity contribution in [1.82, 2.24) is 4.57 Å². The van der Waals surface area contributed by atoms with Crippen molar-refractivity contribution in [3.8, 4) is 16.9 Å². The number of aromatic nitrogens is 1. The van der Waals surface area contributed by atoms with E-state index in [1.807, 2.05) is 67.0 Å². The average molecular weight is 418 g/mol. The maximum atomic E-state index is 11.6. The number of nitrogens with zero attached hydrogens (tertiary/aromatic N) is 1. The molecule has 3 heteroatoms. The summed E-state index contributed by atoms with van der Waals surface area (Å²) in [5.41, 5.74) is 5.05. The summed E-state index contributed by atoms with van der Waals surface area (Å²) in [5, 5.41) is 2.31. The second-order valence-corrected chi connectivity index (χ2v) is 7.90. The lowest BCUT2D eigenvalue weighted by Gasteiger charge is -2.09. The van der Waals surface area contributed by atoms with Crippen LogP contribution >= 0.6 is 0 Å². The fourth-order valence-electron chi connectivity index (χ4n) is 3.98. The number of carbonyl (C=O) groups excluding carboxylic acids is 1. The van der Waals surface area contributed by atoms with Crippen molar-refractivity contribution in [2.45, 2.75) is 13.2 Å². The predicted octanol–water partition coefficient (Wildman–Crippen LogP) is 6.75. The van der Waals surface area contributed by atoms with Crippen molar-refractivity contribution in [3.63, 3.8) is 0 Å². The third-order valence-corrected chi connectivity index (χ3v) is 5.61. The van der Waals surface area contributed by atoms with Gasteiger partial charge < -0.3 is 9.30 Å². The van der Waals surface area contributed by atoms with Crippen LogP contribution in [0.15, 0.2) is 109 Å². The third kappa shape index (κ3) is 4.33. The molecule has 0 aliphatic heterocycles. The van der Waals surface area contributed by atoms with Gasteiger partial charge in [0.2, 0.25) is 0 Å². The molecule has 3 nitrogen and oxygen atoms in total. The zero-order valence-corrected chi connectivity index (χ0v) is 17.6. The summed E-state index contributed by atoms with van der Waals surface area (Å²) in [5.74, 6) is 0.864. The van der Waals surface area contributed by atoms with E-state index in [0.717, 1.165) is 34.1 Å². The molecule has 0 unspecified atom stereocenters. The summed E-state index contributed by atoms with van der Waals surface area (Å²) in [4.78, 5) is 11.6. The Labute approximate surface area is 187 Å². The molecule has 0 radical (unpaired) electrons. The fraction of sp³-hybridized carbons (Fsp3) is 0.0690. The van der Waals surface area contributed by atoms with Crippen molar-refractivity contribution in [3.05, 3.63) is 126 Å². The molecule has 156 valence electrons. The lowest BCUT2D eigenvalue weighted by Crippen LogP contribution is -1.97. The summed E-state index contributed by atoms with van der Waals surface area (Å²) in [6.45, 7) is 1.26. The Morgan fingerprint density at radius 3 is 2.22 bits per heavy atom. The zero-order valence-electron chi connectivity index (χ0n) is 17.6. The van der Waals surface area contributed by atoms with Crippen LogP contribution in [0.25, 0.3) is 21.9 Å². The van der Waals surface area contributed by atoms with E-state index in [9.17, 15) is 4.79 Å². The van der Waals surface area contributed by atoms with Crippen molar-refractivity contribution in [2.75, 3.05) is 0 Å². The van der Waals surface area contributed by atoms with Crippen LogP contribution in [0.2, 0.25) is 0 Å². The lowest BCUT2D eigenvalue weighted by molar-refractivity contribution is 0.112. The molecule has 0 aliphatic carbocycles. The number of aldehydes is 1. The van der Waals surface area contributed by atoms with E-state index < -0.39 is 0 Å². The summed E-state index contributed by atoms with van der Waals surface area (Å²) in [6.07, 6.45) is 4.89. The standard InChI is InChI=1S/C29H23NO2/c31-20-27-18-30(19-29(27)24-9-5-2-6-10-24)17-23-11-12-26-16-28(14-13-25(26)15-23)32-21-22-7-3-1-4-8-22/h1-16,18-20H,17,21H2. The van der Waals surface area contributed by atoms with Crippen LogP contribution in [0.5, 0.6) is 5.75 Å². The average Bonchev–Trinajstić information content (AvgIpc) is 3.26. The molecule has 32 heavy (non-hydrogen) atoms. The maximum absolute atomic E-state index is 11.6. The van der Waals surface area contributed by atoms with Crippen LogP contribution in [0, 0.1) is 0 Å². The highest BCUT2D eigenvalue weighted by molar-refractivity contribution is 5.87. The van der Waals surface area contributed by atoms with Gasteiger partial charge >= 0.3 is 0 Å². The Bertz CT molecular complexity index is 1350. The number of hydrogen-bond acceptors (Lipinski definition) is 2. The van der Waals surface area contributed by atoms with Crippen molar-refractivity contribution >= 4 is 17.1 Å². The van der Waals surface area contributed by atoms with Gasteiger partial charge in [0.25, 0.3) is 0 Å².